The third kappa shape index (κ3) is 3.17. The zero-order chi connectivity index (χ0) is 11.5. The van der Waals surface area contributed by atoms with E-state index in [2.05, 4.69) is 0 Å². The highest BCUT2D eigenvalue weighted by molar-refractivity contribution is 4.74. The monoisotopic (exact) mass is 230 g/mol. The van der Waals surface area contributed by atoms with Crippen LogP contribution in [0.3, 0.4) is 0 Å². The van der Waals surface area contributed by atoms with Crippen LogP contribution in [0.25, 0.3) is 0 Å². The molecule has 0 aromatic heterocycles. The second-order valence-electron chi connectivity index (χ2n) is 5.18. The molecule has 94 valence electrons. The Morgan fingerprint density at radius 2 is 0.875 bits per heavy atom. The first kappa shape index (κ1) is 12.3. The lowest BCUT2D eigenvalue weighted by atomic mass is 9.94. The Morgan fingerprint density at radius 3 is 1.19 bits per heavy atom. The van der Waals surface area contributed by atoms with Gasteiger partial charge in [-0.25, -0.2) is 0 Å². The second kappa shape index (κ2) is 5.00. The van der Waals surface area contributed by atoms with E-state index in [0.29, 0.717) is 25.7 Å². The molecular formula is C12H22O4. The first-order valence-electron chi connectivity index (χ1n) is 6.44. The Balaban J connectivity index is 1.80. The van der Waals surface area contributed by atoms with Crippen LogP contribution in [0.1, 0.15) is 64.2 Å². The van der Waals surface area contributed by atoms with Crippen LogP contribution < -0.4 is 0 Å². The van der Waals surface area contributed by atoms with Crippen molar-refractivity contribution in [1.82, 2.24) is 0 Å². The number of rotatable bonds is 3. The molecule has 0 unspecified atom stereocenters. The topological polar surface area (TPSA) is 58.9 Å². The molecule has 2 rings (SSSR count). The average molecular weight is 230 g/mol. The first-order valence-corrected chi connectivity index (χ1v) is 6.44. The fourth-order valence-electron chi connectivity index (χ4n) is 2.53. The Labute approximate surface area is 96.5 Å². The minimum Gasteiger partial charge on any atom is -0.363 e. The normalized spacial score (nSPS) is 28.9. The molecule has 2 saturated carbocycles. The van der Waals surface area contributed by atoms with E-state index in [0.717, 1.165) is 38.5 Å². The van der Waals surface area contributed by atoms with Crippen LogP contribution >= 0.6 is 0 Å². The summed E-state index contributed by atoms with van der Waals surface area (Å²) in [6.07, 6.45) is 8.50. The highest BCUT2D eigenvalue weighted by Crippen LogP contribution is 2.34. The maximum atomic E-state index is 10.1. The van der Waals surface area contributed by atoms with Crippen LogP contribution in [0.15, 0.2) is 0 Å². The summed E-state index contributed by atoms with van der Waals surface area (Å²) < 4.78 is 0. The molecule has 16 heavy (non-hydrogen) atoms. The molecule has 0 spiro atoms. The third-order valence-corrected chi connectivity index (χ3v) is 3.62. The van der Waals surface area contributed by atoms with Crippen molar-refractivity contribution in [2.45, 2.75) is 75.8 Å². The molecular weight excluding hydrogens is 208 g/mol. The largest absolute Gasteiger partial charge is 0.363 e. The molecule has 4 nitrogen and oxygen atoms in total. The molecule has 0 saturated heterocycles. The summed E-state index contributed by atoms with van der Waals surface area (Å²) in [5.41, 5.74) is 0. The Kier molecular flexibility index (Phi) is 3.85. The van der Waals surface area contributed by atoms with Gasteiger partial charge < -0.3 is 10.2 Å². The van der Waals surface area contributed by atoms with Crippen molar-refractivity contribution in [2.24, 2.45) is 0 Å². The van der Waals surface area contributed by atoms with E-state index >= 15 is 0 Å². The lowest BCUT2D eigenvalue weighted by Crippen LogP contribution is -2.42. The van der Waals surface area contributed by atoms with Gasteiger partial charge in [0.2, 0.25) is 0 Å². The molecule has 2 aliphatic rings. The van der Waals surface area contributed by atoms with E-state index in [-0.39, 0.29) is 0 Å². The SMILES string of the molecule is OC1(OOC2(O)CCCCC2)CCCCC1. The second-order valence-corrected chi connectivity index (χ2v) is 5.18. The van der Waals surface area contributed by atoms with Crippen LogP contribution in [-0.4, -0.2) is 21.8 Å². The van der Waals surface area contributed by atoms with Gasteiger partial charge in [-0.2, -0.15) is 9.78 Å². The highest BCUT2D eigenvalue weighted by Gasteiger charge is 2.37. The first-order chi connectivity index (χ1) is 7.62. The van der Waals surface area contributed by atoms with Crippen molar-refractivity contribution in [3.8, 4) is 0 Å². The van der Waals surface area contributed by atoms with Gasteiger partial charge in [0, 0.05) is 25.7 Å². The van der Waals surface area contributed by atoms with Gasteiger partial charge >= 0.3 is 0 Å². The Hall–Kier alpha value is -0.160. The quantitative estimate of drug-likeness (QED) is 0.443. The summed E-state index contributed by atoms with van der Waals surface area (Å²) in [6, 6.07) is 0. The summed E-state index contributed by atoms with van der Waals surface area (Å²) in [6.45, 7) is 0. The molecule has 0 aromatic carbocycles. The fourth-order valence-corrected chi connectivity index (χ4v) is 2.53. The molecule has 0 aromatic rings. The van der Waals surface area contributed by atoms with Crippen molar-refractivity contribution in [3.05, 3.63) is 0 Å². The number of hydrogen-bond acceptors (Lipinski definition) is 4. The molecule has 0 atom stereocenters. The van der Waals surface area contributed by atoms with Crippen molar-refractivity contribution >= 4 is 0 Å². The summed E-state index contributed by atoms with van der Waals surface area (Å²) >= 11 is 0. The summed E-state index contributed by atoms with van der Waals surface area (Å²) in [5.74, 6) is -2.35. The minimum absolute atomic E-state index is 0.600. The van der Waals surface area contributed by atoms with Crippen LogP contribution in [0.4, 0.5) is 0 Å². The smallest absolute Gasteiger partial charge is 0.199 e. The van der Waals surface area contributed by atoms with Gasteiger partial charge in [-0.05, 0) is 25.7 Å². The number of aliphatic hydroxyl groups is 2. The maximum Gasteiger partial charge on any atom is 0.199 e. The average Bonchev–Trinajstić information content (AvgIpc) is 2.29. The molecule has 0 heterocycles. The van der Waals surface area contributed by atoms with E-state index in [1.807, 2.05) is 0 Å². The molecule has 0 amide bonds. The zero-order valence-corrected chi connectivity index (χ0v) is 9.78. The van der Waals surface area contributed by atoms with Gasteiger partial charge in [0.1, 0.15) is 0 Å². The molecule has 4 heteroatoms. The van der Waals surface area contributed by atoms with Gasteiger partial charge in [-0.1, -0.05) is 12.8 Å². The van der Waals surface area contributed by atoms with E-state index in [1.54, 1.807) is 0 Å². The van der Waals surface area contributed by atoms with Crippen LogP contribution in [-0.2, 0) is 9.78 Å². The van der Waals surface area contributed by atoms with Gasteiger partial charge in [0.25, 0.3) is 0 Å². The predicted molar refractivity (Wildman–Crippen MR) is 58.2 cm³/mol. The van der Waals surface area contributed by atoms with E-state index < -0.39 is 11.6 Å². The molecule has 2 N–H and O–H groups in total. The zero-order valence-electron chi connectivity index (χ0n) is 9.78. The fraction of sp³-hybridized carbons (Fsp3) is 1.00. The molecule has 2 fully saturated rings. The molecule has 0 bridgehead atoms. The van der Waals surface area contributed by atoms with Gasteiger partial charge in [-0.3, -0.25) is 0 Å². The lowest BCUT2D eigenvalue weighted by Gasteiger charge is -2.36. The van der Waals surface area contributed by atoms with Crippen LogP contribution in [0.2, 0.25) is 0 Å². The Morgan fingerprint density at radius 1 is 0.562 bits per heavy atom. The molecule has 0 radical (unpaired) electrons. The molecule has 0 aliphatic heterocycles. The summed E-state index contributed by atoms with van der Waals surface area (Å²) in [7, 11) is 0. The third-order valence-electron chi connectivity index (χ3n) is 3.62. The van der Waals surface area contributed by atoms with Crippen molar-refractivity contribution in [3.63, 3.8) is 0 Å². The van der Waals surface area contributed by atoms with E-state index in [9.17, 15) is 10.2 Å². The maximum absolute atomic E-state index is 10.1. The summed E-state index contributed by atoms with van der Waals surface area (Å²) in [4.78, 5) is 10.2. The van der Waals surface area contributed by atoms with Crippen molar-refractivity contribution in [2.75, 3.05) is 0 Å². The van der Waals surface area contributed by atoms with E-state index in [4.69, 9.17) is 9.78 Å². The van der Waals surface area contributed by atoms with E-state index in [1.165, 1.54) is 0 Å². The predicted octanol–water partition coefficient (Wildman–Crippen LogP) is 2.24. The van der Waals surface area contributed by atoms with Gasteiger partial charge in [0.05, 0.1) is 0 Å². The van der Waals surface area contributed by atoms with Crippen LogP contribution in [0, 0.1) is 0 Å². The lowest BCUT2D eigenvalue weighted by molar-refractivity contribution is -0.501. The van der Waals surface area contributed by atoms with Crippen LogP contribution in [0.5, 0.6) is 0 Å². The van der Waals surface area contributed by atoms with Gasteiger partial charge in [0.15, 0.2) is 11.6 Å². The number of hydrogen-bond donors (Lipinski definition) is 2. The van der Waals surface area contributed by atoms with Crippen molar-refractivity contribution < 1.29 is 20.0 Å². The molecule has 2 aliphatic carbocycles. The summed E-state index contributed by atoms with van der Waals surface area (Å²) in [5, 5.41) is 20.1. The minimum atomic E-state index is -1.18. The van der Waals surface area contributed by atoms with Crippen molar-refractivity contribution in [1.29, 1.82) is 0 Å². The standard InChI is InChI=1S/C12H22O4/c13-11(7-3-1-4-8-11)15-16-12(14)9-5-2-6-10-12/h13-14H,1-10H2. The van der Waals surface area contributed by atoms with Gasteiger partial charge in [-0.15, -0.1) is 0 Å². The highest BCUT2D eigenvalue weighted by atomic mass is 17.2. The Bertz CT molecular complexity index is 193.